The number of nitrogens with two attached hydrogens (primary N) is 1. The molecule has 0 aliphatic rings. The van der Waals surface area contributed by atoms with Crippen molar-refractivity contribution >= 4 is 51.9 Å². The second-order valence-electron chi connectivity index (χ2n) is 3.85. The van der Waals surface area contributed by atoms with Crippen LogP contribution in [-0.4, -0.2) is 18.2 Å². The van der Waals surface area contributed by atoms with Crippen LogP contribution in [0.2, 0.25) is 9.36 Å². The Hall–Kier alpha value is -1.40. The van der Waals surface area contributed by atoms with E-state index in [0.717, 1.165) is 11.3 Å². The van der Waals surface area contributed by atoms with Crippen molar-refractivity contribution in [2.24, 2.45) is 5.73 Å². The molecule has 7 heteroatoms. The van der Waals surface area contributed by atoms with Gasteiger partial charge in [0.2, 0.25) is 11.7 Å². The third-order valence-electron chi connectivity index (χ3n) is 2.49. The first-order chi connectivity index (χ1) is 9.52. The molecule has 1 aromatic heterocycles. The Morgan fingerprint density at radius 3 is 2.60 bits per heavy atom. The third-order valence-corrected chi connectivity index (χ3v) is 4.08. The van der Waals surface area contributed by atoms with Gasteiger partial charge < -0.3 is 11.1 Å². The van der Waals surface area contributed by atoms with Crippen molar-refractivity contribution in [2.75, 3.05) is 11.9 Å². The SMILES string of the molecule is NCC(=O)Nc1cc(Cl)sc1C(=O)c1ccccc1Cl. The maximum Gasteiger partial charge on any atom is 0.238 e. The van der Waals surface area contributed by atoms with Gasteiger partial charge in [0.15, 0.2) is 0 Å². The van der Waals surface area contributed by atoms with Crippen LogP contribution >= 0.6 is 34.5 Å². The van der Waals surface area contributed by atoms with Gasteiger partial charge in [0.05, 0.1) is 21.6 Å². The van der Waals surface area contributed by atoms with Gasteiger partial charge in [-0.05, 0) is 18.2 Å². The highest BCUT2D eigenvalue weighted by Crippen LogP contribution is 2.34. The molecule has 2 rings (SSSR count). The fourth-order valence-electron chi connectivity index (χ4n) is 1.59. The number of anilines is 1. The second kappa shape index (κ2) is 6.37. The normalized spacial score (nSPS) is 10.3. The molecule has 0 saturated heterocycles. The molecule has 2 aromatic rings. The average Bonchev–Trinajstić information content (AvgIpc) is 2.79. The van der Waals surface area contributed by atoms with Crippen molar-refractivity contribution in [1.82, 2.24) is 0 Å². The summed E-state index contributed by atoms with van der Waals surface area (Å²) in [6.45, 7) is -0.173. The Labute approximate surface area is 129 Å². The molecule has 0 unspecified atom stereocenters. The number of halogens is 2. The Morgan fingerprint density at radius 1 is 1.25 bits per heavy atom. The van der Waals surface area contributed by atoms with E-state index in [1.165, 1.54) is 6.07 Å². The number of nitrogens with one attached hydrogen (secondary N) is 1. The van der Waals surface area contributed by atoms with E-state index < -0.39 is 5.91 Å². The lowest BCUT2D eigenvalue weighted by molar-refractivity contribution is -0.114. The monoisotopic (exact) mass is 328 g/mol. The average molecular weight is 329 g/mol. The number of hydrogen-bond acceptors (Lipinski definition) is 4. The van der Waals surface area contributed by atoms with Gasteiger partial charge in [-0.25, -0.2) is 0 Å². The lowest BCUT2D eigenvalue weighted by atomic mass is 10.1. The maximum atomic E-state index is 12.5. The Bertz CT molecular complexity index is 670. The fraction of sp³-hybridized carbons (Fsp3) is 0.0769. The smallest absolute Gasteiger partial charge is 0.238 e. The van der Waals surface area contributed by atoms with Gasteiger partial charge in [-0.3, -0.25) is 9.59 Å². The maximum absolute atomic E-state index is 12.5. The summed E-state index contributed by atoms with van der Waals surface area (Å²) in [6.07, 6.45) is 0. The van der Waals surface area contributed by atoms with E-state index in [2.05, 4.69) is 5.32 Å². The number of rotatable bonds is 4. The van der Waals surface area contributed by atoms with E-state index in [0.29, 0.717) is 25.5 Å². The van der Waals surface area contributed by atoms with Crippen LogP contribution in [0.5, 0.6) is 0 Å². The number of amides is 1. The highest BCUT2D eigenvalue weighted by atomic mass is 35.5. The Kier molecular flexibility index (Phi) is 4.77. The Balaban J connectivity index is 2.40. The van der Waals surface area contributed by atoms with Gasteiger partial charge in [-0.2, -0.15) is 0 Å². The summed E-state index contributed by atoms with van der Waals surface area (Å²) in [5, 5.41) is 2.89. The molecule has 0 atom stereocenters. The number of hydrogen-bond donors (Lipinski definition) is 2. The van der Waals surface area contributed by atoms with E-state index >= 15 is 0 Å². The lowest BCUT2D eigenvalue weighted by Crippen LogP contribution is -2.22. The van der Waals surface area contributed by atoms with Crippen molar-refractivity contribution in [3.8, 4) is 0 Å². The molecule has 0 spiro atoms. The second-order valence-corrected chi connectivity index (χ2v) is 5.95. The number of benzene rings is 1. The van der Waals surface area contributed by atoms with Crippen LogP contribution in [0.25, 0.3) is 0 Å². The molecular weight excluding hydrogens is 319 g/mol. The van der Waals surface area contributed by atoms with Gasteiger partial charge in [-0.1, -0.05) is 35.3 Å². The van der Waals surface area contributed by atoms with E-state index in [1.807, 2.05) is 0 Å². The van der Waals surface area contributed by atoms with Gasteiger partial charge in [0.1, 0.15) is 4.88 Å². The molecule has 0 aliphatic carbocycles. The van der Waals surface area contributed by atoms with Gasteiger partial charge in [-0.15, -0.1) is 11.3 Å². The van der Waals surface area contributed by atoms with Crippen molar-refractivity contribution in [3.63, 3.8) is 0 Å². The molecular formula is C13H10Cl2N2O2S. The zero-order valence-corrected chi connectivity index (χ0v) is 12.5. The number of carbonyl (C=O) groups is 2. The summed E-state index contributed by atoms with van der Waals surface area (Å²) in [4.78, 5) is 24.1. The number of thiophene rings is 1. The van der Waals surface area contributed by atoms with Crippen molar-refractivity contribution < 1.29 is 9.59 Å². The van der Waals surface area contributed by atoms with Gasteiger partial charge in [0.25, 0.3) is 0 Å². The summed E-state index contributed by atoms with van der Waals surface area (Å²) in [6, 6.07) is 8.21. The first-order valence-electron chi connectivity index (χ1n) is 5.61. The molecule has 104 valence electrons. The number of ketones is 1. The fourth-order valence-corrected chi connectivity index (χ4v) is 2.95. The molecule has 0 radical (unpaired) electrons. The highest BCUT2D eigenvalue weighted by molar-refractivity contribution is 7.18. The molecule has 1 amide bonds. The Morgan fingerprint density at radius 2 is 1.95 bits per heavy atom. The molecule has 20 heavy (non-hydrogen) atoms. The quantitative estimate of drug-likeness (QED) is 0.846. The molecule has 0 fully saturated rings. The van der Waals surface area contributed by atoms with Crippen LogP contribution in [-0.2, 0) is 4.79 Å². The first-order valence-corrected chi connectivity index (χ1v) is 7.18. The lowest BCUT2D eigenvalue weighted by Gasteiger charge is -2.05. The minimum atomic E-state index is -0.396. The van der Waals surface area contributed by atoms with E-state index in [1.54, 1.807) is 24.3 Å². The summed E-state index contributed by atoms with van der Waals surface area (Å²) < 4.78 is 0.396. The number of carbonyl (C=O) groups excluding carboxylic acids is 2. The minimum absolute atomic E-state index is 0.173. The van der Waals surface area contributed by atoms with Crippen LogP contribution in [0.15, 0.2) is 30.3 Å². The standard InChI is InChI=1S/C13H10Cl2N2O2S/c14-8-4-2-1-3-7(8)12(19)13-9(5-10(15)20-13)17-11(18)6-16/h1-5H,6,16H2,(H,17,18). The van der Waals surface area contributed by atoms with Crippen molar-refractivity contribution in [2.45, 2.75) is 0 Å². The first kappa shape index (κ1) is 15.0. The van der Waals surface area contributed by atoms with Gasteiger partial charge in [0, 0.05) is 5.56 Å². The van der Waals surface area contributed by atoms with Crippen molar-refractivity contribution in [1.29, 1.82) is 0 Å². The molecule has 4 nitrogen and oxygen atoms in total. The molecule has 0 saturated carbocycles. The van der Waals surface area contributed by atoms with Gasteiger partial charge >= 0.3 is 0 Å². The molecule has 1 aromatic carbocycles. The summed E-state index contributed by atoms with van der Waals surface area (Å²) in [5.41, 5.74) is 5.95. The summed E-state index contributed by atoms with van der Waals surface area (Å²) >= 11 is 13.0. The van der Waals surface area contributed by atoms with Crippen LogP contribution in [0.1, 0.15) is 15.2 Å². The topological polar surface area (TPSA) is 72.2 Å². The van der Waals surface area contributed by atoms with Crippen LogP contribution in [0, 0.1) is 0 Å². The minimum Gasteiger partial charge on any atom is -0.324 e. The molecule has 0 bridgehead atoms. The van der Waals surface area contributed by atoms with Crippen molar-refractivity contribution in [3.05, 3.63) is 50.1 Å². The van der Waals surface area contributed by atoms with E-state index in [9.17, 15) is 9.59 Å². The predicted molar refractivity (Wildman–Crippen MR) is 81.9 cm³/mol. The van der Waals surface area contributed by atoms with Crippen LogP contribution < -0.4 is 11.1 Å². The zero-order chi connectivity index (χ0) is 14.7. The van der Waals surface area contributed by atoms with E-state index in [-0.39, 0.29) is 12.3 Å². The van der Waals surface area contributed by atoms with Crippen LogP contribution in [0.4, 0.5) is 5.69 Å². The zero-order valence-electron chi connectivity index (χ0n) is 10.2. The molecule has 0 aliphatic heterocycles. The summed E-state index contributed by atoms with van der Waals surface area (Å²) in [5.74, 6) is -0.688. The molecule has 3 N–H and O–H groups in total. The largest absolute Gasteiger partial charge is 0.324 e. The van der Waals surface area contributed by atoms with Crippen LogP contribution in [0.3, 0.4) is 0 Å². The van der Waals surface area contributed by atoms with E-state index in [4.69, 9.17) is 28.9 Å². The highest BCUT2D eigenvalue weighted by Gasteiger charge is 2.20. The predicted octanol–water partition coefficient (Wildman–Crippen LogP) is 3.18. The third kappa shape index (κ3) is 3.19. The summed E-state index contributed by atoms with van der Waals surface area (Å²) in [7, 11) is 0. The molecule has 1 heterocycles.